The van der Waals surface area contributed by atoms with Crippen molar-refractivity contribution in [2.75, 3.05) is 6.54 Å². The minimum atomic E-state index is -3.96. The predicted molar refractivity (Wildman–Crippen MR) is 110 cm³/mol. The normalized spacial score (nSPS) is 21.5. The summed E-state index contributed by atoms with van der Waals surface area (Å²) in [5, 5.41) is 17.9. The Morgan fingerprint density at radius 1 is 1.29 bits per heavy atom. The van der Waals surface area contributed by atoms with Gasteiger partial charge in [-0.05, 0) is 51.7 Å². The number of amides is 2. The number of hydrogen-bond donors (Lipinski definition) is 1. The summed E-state index contributed by atoms with van der Waals surface area (Å²) in [6, 6.07) is 4.78. The van der Waals surface area contributed by atoms with Crippen LogP contribution >= 0.6 is 0 Å². The highest BCUT2D eigenvalue weighted by Gasteiger charge is 2.49. The fourth-order valence-electron chi connectivity index (χ4n) is 3.67. The molecule has 9 nitrogen and oxygen atoms in total. The Bertz CT molecular complexity index is 1010. The summed E-state index contributed by atoms with van der Waals surface area (Å²) < 4.78 is 32.1. The van der Waals surface area contributed by atoms with Crippen molar-refractivity contribution < 1.29 is 27.9 Å². The van der Waals surface area contributed by atoms with Crippen molar-refractivity contribution in [1.29, 1.82) is 5.26 Å². The Kier molecular flexibility index (Phi) is 6.30. The van der Waals surface area contributed by atoms with Crippen LogP contribution in [0.4, 0.5) is 4.79 Å². The highest BCUT2D eigenvalue weighted by molar-refractivity contribution is 7.92. The van der Waals surface area contributed by atoms with Gasteiger partial charge in [0.15, 0.2) is 16.0 Å². The number of hydrogen-bond acceptors (Lipinski definition) is 7. The SMILES string of the molecule is CC(C)(C)OC(=O)N1C[C@H](S(=O)(=O)c2ccccc2CO)C[C@H]1C(=O)N(C#N)C1CC1. The highest BCUT2D eigenvalue weighted by Crippen LogP contribution is 2.34. The van der Waals surface area contributed by atoms with Crippen LogP contribution in [0.2, 0.25) is 0 Å². The smallest absolute Gasteiger partial charge is 0.411 e. The van der Waals surface area contributed by atoms with E-state index in [1.165, 1.54) is 12.1 Å². The van der Waals surface area contributed by atoms with Gasteiger partial charge in [0.05, 0.1) is 16.8 Å². The van der Waals surface area contributed by atoms with Crippen LogP contribution in [0, 0.1) is 11.5 Å². The third-order valence-corrected chi connectivity index (χ3v) is 7.55. The summed E-state index contributed by atoms with van der Waals surface area (Å²) in [6.07, 6.45) is 2.33. The van der Waals surface area contributed by atoms with E-state index in [0.717, 1.165) is 9.80 Å². The first-order valence-corrected chi connectivity index (χ1v) is 11.7. The second-order valence-electron chi connectivity index (χ2n) is 8.86. The average molecular weight is 450 g/mol. The number of nitriles is 1. The van der Waals surface area contributed by atoms with Crippen molar-refractivity contribution in [2.45, 2.75) is 74.5 Å². The summed E-state index contributed by atoms with van der Waals surface area (Å²) in [5.74, 6) is -0.594. The number of likely N-dealkylation sites (tertiary alicyclic amines) is 1. The Balaban J connectivity index is 1.94. The first kappa shape index (κ1) is 23.0. The fraction of sp³-hybridized carbons (Fsp3) is 0.571. The Labute approximate surface area is 182 Å². The van der Waals surface area contributed by atoms with Gasteiger partial charge < -0.3 is 9.84 Å². The summed E-state index contributed by atoms with van der Waals surface area (Å²) in [5.41, 5.74) is -0.589. The number of sulfone groups is 1. The molecule has 10 heteroatoms. The van der Waals surface area contributed by atoms with Gasteiger partial charge in [-0.15, -0.1) is 0 Å². The number of carbonyl (C=O) groups excluding carboxylic acids is 2. The van der Waals surface area contributed by atoms with Gasteiger partial charge in [0, 0.05) is 12.6 Å². The van der Waals surface area contributed by atoms with E-state index in [1.807, 2.05) is 6.19 Å². The van der Waals surface area contributed by atoms with E-state index in [-0.39, 0.29) is 29.5 Å². The van der Waals surface area contributed by atoms with E-state index in [9.17, 15) is 28.4 Å². The molecule has 1 saturated heterocycles. The average Bonchev–Trinajstić information content (AvgIpc) is 3.42. The molecular weight excluding hydrogens is 422 g/mol. The largest absolute Gasteiger partial charge is 0.444 e. The lowest BCUT2D eigenvalue weighted by molar-refractivity contribution is -0.133. The Morgan fingerprint density at radius 3 is 2.48 bits per heavy atom. The summed E-state index contributed by atoms with van der Waals surface area (Å²) >= 11 is 0. The van der Waals surface area contributed by atoms with Crippen LogP contribution in [0.15, 0.2) is 29.2 Å². The van der Waals surface area contributed by atoms with E-state index >= 15 is 0 Å². The molecule has 1 aliphatic carbocycles. The Morgan fingerprint density at radius 2 is 1.94 bits per heavy atom. The van der Waals surface area contributed by atoms with Gasteiger partial charge in [0.2, 0.25) is 0 Å². The van der Waals surface area contributed by atoms with Crippen molar-refractivity contribution in [1.82, 2.24) is 9.80 Å². The molecule has 0 unspecified atom stereocenters. The molecule has 0 aromatic heterocycles. The number of rotatable bonds is 5. The Hall–Kier alpha value is -2.64. The van der Waals surface area contributed by atoms with Gasteiger partial charge in [-0.2, -0.15) is 5.26 Å². The zero-order chi connectivity index (χ0) is 23.0. The summed E-state index contributed by atoms with van der Waals surface area (Å²) in [4.78, 5) is 28.0. The molecule has 1 saturated carbocycles. The first-order chi connectivity index (χ1) is 14.5. The molecule has 168 valence electrons. The van der Waals surface area contributed by atoms with E-state index in [0.29, 0.717) is 12.8 Å². The minimum Gasteiger partial charge on any atom is -0.444 e. The van der Waals surface area contributed by atoms with Crippen LogP contribution in [0.3, 0.4) is 0 Å². The zero-order valence-corrected chi connectivity index (χ0v) is 18.6. The van der Waals surface area contributed by atoms with Crippen LogP contribution in [-0.2, 0) is 26.0 Å². The van der Waals surface area contributed by atoms with Gasteiger partial charge in [-0.3, -0.25) is 9.69 Å². The zero-order valence-electron chi connectivity index (χ0n) is 17.8. The van der Waals surface area contributed by atoms with Crippen LogP contribution in [0.25, 0.3) is 0 Å². The predicted octanol–water partition coefficient (Wildman–Crippen LogP) is 1.80. The van der Waals surface area contributed by atoms with E-state index in [1.54, 1.807) is 32.9 Å². The molecule has 2 atom stereocenters. The molecule has 0 spiro atoms. The molecule has 2 fully saturated rings. The maximum absolute atomic E-state index is 13.3. The summed E-state index contributed by atoms with van der Waals surface area (Å²) in [6.45, 7) is 4.33. The lowest BCUT2D eigenvalue weighted by Crippen LogP contribution is -2.48. The second-order valence-corrected chi connectivity index (χ2v) is 11.1. The molecule has 3 rings (SSSR count). The number of carbonyl (C=O) groups is 2. The van der Waals surface area contributed by atoms with Gasteiger partial charge in [0.25, 0.3) is 5.91 Å². The molecular formula is C21H27N3O6S. The van der Waals surface area contributed by atoms with Gasteiger partial charge in [0.1, 0.15) is 11.6 Å². The highest BCUT2D eigenvalue weighted by atomic mass is 32.2. The molecule has 31 heavy (non-hydrogen) atoms. The molecule has 2 amide bonds. The van der Waals surface area contributed by atoms with E-state index in [2.05, 4.69) is 0 Å². The number of aliphatic hydroxyl groups is 1. The topological polar surface area (TPSA) is 128 Å². The molecule has 2 aliphatic rings. The van der Waals surface area contributed by atoms with Crippen molar-refractivity contribution >= 4 is 21.8 Å². The van der Waals surface area contributed by atoms with Crippen LogP contribution < -0.4 is 0 Å². The van der Waals surface area contributed by atoms with Crippen molar-refractivity contribution in [2.24, 2.45) is 0 Å². The lowest BCUT2D eigenvalue weighted by atomic mass is 10.2. The van der Waals surface area contributed by atoms with Crippen molar-refractivity contribution in [3.8, 4) is 6.19 Å². The van der Waals surface area contributed by atoms with Crippen LogP contribution in [0.5, 0.6) is 0 Å². The van der Waals surface area contributed by atoms with E-state index in [4.69, 9.17) is 4.74 Å². The van der Waals surface area contributed by atoms with Crippen LogP contribution in [0.1, 0.15) is 45.6 Å². The van der Waals surface area contributed by atoms with Crippen LogP contribution in [-0.4, -0.2) is 64.8 Å². The number of ether oxygens (including phenoxy) is 1. The lowest BCUT2D eigenvalue weighted by Gasteiger charge is -2.29. The maximum Gasteiger partial charge on any atom is 0.411 e. The molecule has 0 bridgehead atoms. The second kappa shape index (κ2) is 8.48. The first-order valence-electron chi connectivity index (χ1n) is 10.1. The maximum atomic E-state index is 13.3. The number of nitrogens with zero attached hydrogens (tertiary/aromatic N) is 3. The molecule has 0 radical (unpaired) electrons. The monoisotopic (exact) mass is 449 g/mol. The number of aliphatic hydroxyl groups excluding tert-OH is 1. The van der Waals surface area contributed by atoms with Gasteiger partial charge in [-0.25, -0.2) is 18.1 Å². The summed E-state index contributed by atoms with van der Waals surface area (Å²) in [7, 11) is -3.96. The van der Waals surface area contributed by atoms with E-state index < -0.39 is 45.3 Å². The van der Waals surface area contributed by atoms with Gasteiger partial charge >= 0.3 is 6.09 Å². The molecule has 1 N–H and O–H groups in total. The molecule has 1 aromatic carbocycles. The van der Waals surface area contributed by atoms with Crippen molar-refractivity contribution in [3.05, 3.63) is 29.8 Å². The van der Waals surface area contributed by atoms with Gasteiger partial charge in [-0.1, -0.05) is 18.2 Å². The molecule has 1 aromatic rings. The minimum absolute atomic E-state index is 0.0286. The quantitative estimate of drug-likeness (QED) is 0.536. The standard InChI is InChI=1S/C21H27N3O6S/c1-21(2,3)30-20(27)23-11-16(10-17(23)19(26)24(13-22)15-8-9-15)31(28,29)18-7-5-4-6-14(18)12-25/h4-7,15-17,25H,8-12H2,1-3H3/t16-,17+/m1/s1. The molecule has 1 heterocycles. The molecule has 1 aliphatic heterocycles. The third kappa shape index (κ3) is 4.83. The third-order valence-electron chi connectivity index (χ3n) is 5.32. The van der Waals surface area contributed by atoms with Crippen molar-refractivity contribution in [3.63, 3.8) is 0 Å². The fourth-order valence-corrected chi connectivity index (χ4v) is 5.59. The number of benzene rings is 1.